The first-order valence-corrected chi connectivity index (χ1v) is 13.2. The van der Waals surface area contributed by atoms with Crippen LogP contribution in [0.1, 0.15) is 113 Å². The van der Waals surface area contributed by atoms with Gasteiger partial charge in [0.25, 0.3) is 0 Å². The molecule has 0 amide bonds. The second kappa shape index (κ2) is 6.39. The highest BCUT2D eigenvalue weighted by Gasteiger charge is 2.66. The van der Waals surface area contributed by atoms with Crippen molar-refractivity contribution in [3.8, 4) is 0 Å². The third kappa shape index (κ3) is 2.63. The van der Waals surface area contributed by atoms with Crippen molar-refractivity contribution in [1.29, 1.82) is 0 Å². The lowest BCUT2D eigenvalue weighted by Gasteiger charge is -2.70. The Morgan fingerprint density at radius 3 is 2.23 bits per heavy atom. The summed E-state index contributed by atoms with van der Waals surface area (Å²) in [7, 11) is 0. The molecule has 0 bridgehead atoms. The standard InChI is InChI=1S/C29H48O/c1-25(2)14-10-19-11-16-28(6)21(20(19)18-25)8-9-23-27(5)15-13-24(30)26(3,4)22(27)12-17-29(23,28)7/h8,19-20,22-24,30H,9-18H2,1-7H3/t19?,20?,22?,23?,24?,27-,28?,29?/m0/s1. The van der Waals surface area contributed by atoms with Gasteiger partial charge in [0.15, 0.2) is 0 Å². The molecule has 30 heavy (non-hydrogen) atoms. The molecule has 4 saturated carbocycles. The van der Waals surface area contributed by atoms with E-state index < -0.39 is 0 Å². The molecule has 1 heteroatoms. The van der Waals surface area contributed by atoms with Crippen molar-refractivity contribution in [2.75, 3.05) is 0 Å². The Bertz CT molecular complexity index is 745. The average Bonchev–Trinajstić information content (AvgIpc) is 2.65. The van der Waals surface area contributed by atoms with E-state index in [1.54, 1.807) is 0 Å². The summed E-state index contributed by atoms with van der Waals surface area (Å²) in [6.07, 6.45) is 16.0. The highest BCUT2D eigenvalue weighted by molar-refractivity contribution is 5.32. The van der Waals surface area contributed by atoms with Gasteiger partial charge in [0.2, 0.25) is 0 Å². The van der Waals surface area contributed by atoms with Crippen molar-refractivity contribution < 1.29 is 5.11 Å². The van der Waals surface area contributed by atoms with Crippen LogP contribution in [0.15, 0.2) is 11.6 Å². The summed E-state index contributed by atoms with van der Waals surface area (Å²) >= 11 is 0. The molecule has 5 rings (SSSR count). The summed E-state index contributed by atoms with van der Waals surface area (Å²) in [5.41, 5.74) is 3.66. The molecule has 5 aliphatic rings. The van der Waals surface area contributed by atoms with E-state index in [9.17, 15) is 5.11 Å². The van der Waals surface area contributed by atoms with Crippen molar-refractivity contribution in [1.82, 2.24) is 0 Å². The highest BCUT2D eigenvalue weighted by atomic mass is 16.3. The van der Waals surface area contributed by atoms with Crippen molar-refractivity contribution in [2.45, 2.75) is 119 Å². The Kier molecular flexibility index (Phi) is 4.59. The Hall–Kier alpha value is -0.300. The molecule has 170 valence electrons. The van der Waals surface area contributed by atoms with Gasteiger partial charge in [-0.05, 0) is 115 Å². The molecule has 5 aliphatic carbocycles. The zero-order valence-electron chi connectivity index (χ0n) is 21.0. The molecule has 0 saturated heterocycles. The lowest BCUT2D eigenvalue weighted by atomic mass is 9.34. The van der Waals surface area contributed by atoms with Crippen LogP contribution in [0.25, 0.3) is 0 Å². The Morgan fingerprint density at radius 1 is 0.800 bits per heavy atom. The van der Waals surface area contributed by atoms with Crippen LogP contribution in [0.5, 0.6) is 0 Å². The monoisotopic (exact) mass is 412 g/mol. The average molecular weight is 413 g/mol. The summed E-state index contributed by atoms with van der Waals surface area (Å²) < 4.78 is 0. The fraction of sp³-hybridized carbons (Fsp3) is 0.931. The summed E-state index contributed by atoms with van der Waals surface area (Å²) in [5.74, 6) is 3.24. The molecular formula is C29H48O. The molecule has 1 N–H and O–H groups in total. The Morgan fingerprint density at radius 2 is 1.50 bits per heavy atom. The number of hydrogen-bond acceptors (Lipinski definition) is 1. The van der Waals surface area contributed by atoms with Crippen LogP contribution in [-0.4, -0.2) is 11.2 Å². The molecular weight excluding hydrogens is 364 g/mol. The van der Waals surface area contributed by atoms with Crippen LogP contribution in [-0.2, 0) is 0 Å². The molecule has 4 fully saturated rings. The van der Waals surface area contributed by atoms with Crippen LogP contribution < -0.4 is 0 Å². The van der Waals surface area contributed by atoms with Crippen LogP contribution in [0, 0.1) is 50.7 Å². The van der Waals surface area contributed by atoms with Gasteiger partial charge in [0.05, 0.1) is 6.10 Å². The van der Waals surface area contributed by atoms with Crippen LogP contribution in [0.2, 0.25) is 0 Å². The van der Waals surface area contributed by atoms with E-state index in [4.69, 9.17) is 0 Å². The molecule has 1 nitrogen and oxygen atoms in total. The third-order valence-electron chi connectivity index (χ3n) is 12.4. The van der Waals surface area contributed by atoms with Gasteiger partial charge in [0.1, 0.15) is 0 Å². The lowest BCUT2D eigenvalue weighted by Crippen LogP contribution is -2.63. The fourth-order valence-corrected chi connectivity index (χ4v) is 10.3. The molecule has 8 atom stereocenters. The minimum absolute atomic E-state index is 0.0598. The minimum atomic E-state index is -0.120. The molecule has 0 aromatic carbocycles. The maximum Gasteiger partial charge on any atom is 0.0594 e. The molecule has 0 radical (unpaired) electrons. The van der Waals surface area contributed by atoms with Crippen LogP contribution in [0.4, 0.5) is 0 Å². The summed E-state index contributed by atoms with van der Waals surface area (Å²) in [5, 5.41) is 10.9. The van der Waals surface area contributed by atoms with E-state index in [1.165, 1.54) is 57.8 Å². The highest BCUT2D eigenvalue weighted by Crippen LogP contribution is 2.74. The molecule has 0 aromatic heterocycles. The van der Waals surface area contributed by atoms with Gasteiger partial charge in [-0.3, -0.25) is 0 Å². The second-order valence-electron chi connectivity index (χ2n) is 14.5. The van der Waals surface area contributed by atoms with Crippen molar-refractivity contribution >= 4 is 0 Å². The molecule has 0 heterocycles. The molecule has 0 aromatic rings. The van der Waals surface area contributed by atoms with Crippen molar-refractivity contribution in [3.05, 3.63) is 11.6 Å². The predicted octanol–water partition coefficient (Wildman–Crippen LogP) is 7.78. The first kappa shape index (κ1) is 21.5. The van der Waals surface area contributed by atoms with E-state index in [0.717, 1.165) is 24.2 Å². The predicted molar refractivity (Wildman–Crippen MR) is 126 cm³/mol. The number of rotatable bonds is 0. The topological polar surface area (TPSA) is 20.2 Å². The van der Waals surface area contributed by atoms with Gasteiger partial charge in [0, 0.05) is 0 Å². The molecule has 7 unspecified atom stereocenters. The van der Waals surface area contributed by atoms with E-state index in [2.05, 4.69) is 54.5 Å². The van der Waals surface area contributed by atoms with Gasteiger partial charge in [-0.25, -0.2) is 0 Å². The minimum Gasteiger partial charge on any atom is -0.393 e. The maximum absolute atomic E-state index is 10.9. The van der Waals surface area contributed by atoms with E-state index in [0.29, 0.717) is 27.6 Å². The lowest BCUT2D eigenvalue weighted by molar-refractivity contribution is -0.200. The van der Waals surface area contributed by atoms with Crippen LogP contribution >= 0.6 is 0 Å². The number of allylic oxidation sites excluding steroid dienone is 2. The maximum atomic E-state index is 10.9. The number of aliphatic hydroxyl groups excluding tert-OH is 1. The fourth-order valence-electron chi connectivity index (χ4n) is 10.3. The first-order chi connectivity index (χ1) is 13.9. The molecule has 0 spiro atoms. The summed E-state index contributed by atoms with van der Waals surface area (Å²) in [6.45, 7) is 17.8. The van der Waals surface area contributed by atoms with E-state index in [1.807, 2.05) is 5.57 Å². The van der Waals surface area contributed by atoms with E-state index in [-0.39, 0.29) is 11.5 Å². The summed E-state index contributed by atoms with van der Waals surface area (Å²) in [4.78, 5) is 0. The van der Waals surface area contributed by atoms with E-state index >= 15 is 0 Å². The number of fused-ring (bicyclic) bond motifs is 7. The SMILES string of the molecule is CC1(C)CCC2CCC3(C)C(=CCC4C3(C)CCC3C(C)(C)C(O)CC[C@@]34C)C2C1. The third-order valence-corrected chi connectivity index (χ3v) is 12.4. The smallest absolute Gasteiger partial charge is 0.0594 e. The Balaban J connectivity index is 1.55. The quantitative estimate of drug-likeness (QED) is 0.403. The largest absolute Gasteiger partial charge is 0.393 e. The van der Waals surface area contributed by atoms with Gasteiger partial charge >= 0.3 is 0 Å². The van der Waals surface area contributed by atoms with Gasteiger partial charge < -0.3 is 5.11 Å². The van der Waals surface area contributed by atoms with Crippen LogP contribution in [0.3, 0.4) is 0 Å². The zero-order chi connectivity index (χ0) is 21.7. The van der Waals surface area contributed by atoms with Crippen molar-refractivity contribution in [2.24, 2.45) is 50.7 Å². The van der Waals surface area contributed by atoms with Gasteiger partial charge in [-0.15, -0.1) is 0 Å². The number of hydrogen-bond donors (Lipinski definition) is 1. The second-order valence-corrected chi connectivity index (χ2v) is 14.5. The van der Waals surface area contributed by atoms with Gasteiger partial charge in [-0.2, -0.15) is 0 Å². The molecule has 0 aliphatic heterocycles. The van der Waals surface area contributed by atoms with Crippen molar-refractivity contribution in [3.63, 3.8) is 0 Å². The normalized spacial score (nSPS) is 54.1. The summed E-state index contributed by atoms with van der Waals surface area (Å²) in [6, 6.07) is 0. The number of aliphatic hydroxyl groups is 1. The Labute approximate surface area is 186 Å². The zero-order valence-corrected chi connectivity index (χ0v) is 21.0. The first-order valence-electron chi connectivity index (χ1n) is 13.2. The van der Waals surface area contributed by atoms with Gasteiger partial charge in [-0.1, -0.05) is 60.1 Å².